The summed E-state index contributed by atoms with van der Waals surface area (Å²) in [6.07, 6.45) is 0.922. The second-order valence-electron chi connectivity index (χ2n) is 4.77. The van der Waals surface area contributed by atoms with Gasteiger partial charge in [-0.2, -0.15) is 5.10 Å². The summed E-state index contributed by atoms with van der Waals surface area (Å²) in [5.74, 6) is -0.323. The fourth-order valence-electron chi connectivity index (χ4n) is 2.05. The number of aryl methyl sites for hydroxylation is 2. The Morgan fingerprint density at radius 1 is 1.48 bits per heavy atom. The number of ether oxygens (including phenoxy) is 1. The van der Waals surface area contributed by atoms with Gasteiger partial charge in [-0.05, 0) is 24.1 Å². The maximum atomic E-state index is 11.9. The zero-order chi connectivity index (χ0) is 15.4. The third-order valence-electron chi connectivity index (χ3n) is 3.17. The lowest BCUT2D eigenvalue weighted by atomic mass is 10.1. The highest BCUT2D eigenvalue weighted by atomic mass is 35.5. The van der Waals surface area contributed by atoms with Crippen LogP contribution in [0.4, 0.5) is 5.69 Å². The molecule has 0 unspecified atom stereocenters. The molecule has 0 fully saturated rings. The van der Waals surface area contributed by atoms with Crippen LogP contribution < -0.4 is 5.73 Å². The highest BCUT2D eigenvalue weighted by Crippen LogP contribution is 2.21. The van der Waals surface area contributed by atoms with Gasteiger partial charge in [-0.3, -0.25) is 9.48 Å². The molecule has 1 aromatic carbocycles. The summed E-state index contributed by atoms with van der Waals surface area (Å²) in [4.78, 5) is 11.9. The molecule has 1 aromatic heterocycles. The quantitative estimate of drug-likeness (QED) is 0.680. The van der Waals surface area contributed by atoms with Crippen LogP contribution in [0.5, 0.6) is 0 Å². The Balaban J connectivity index is 1.97. The normalized spacial score (nSPS) is 10.6. The molecule has 0 saturated heterocycles. The lowest BCUT2D eigenvalue weighted by molar-refractivity contribution is -0.144. The predicted octanol–water partition coefficient (Wildman–Crippen LogP) is 2.50. The van der Waals surface area contributed by atoms with Crippen molar-refractivity contribution in [1.82, 2.24) is 9.78 Å². The summed E-state index contributed by atoms with van der Waals surface area (Å²) in [6.45, 7) is 2.09. The van der Waals surface area contributed by atoms with Gasteiger partial charge in [0.25, 0.3) is 0 Å². The molecule has 2 N–H and O–H groups in total. The van der Waals surface area contributed by atoms with E-state index in [-0.39, 0.29) is 19.0 Å². The number of nitrogens with zero attached hydrogens (tertiary/aromatic N) is 2. The first kappa shape index (κ1) is 15.4. The van der Waals surface area contributed by atoms with Gasteiger partial charge in [-0.25, -0.2) is 0 Å². The first-order valence-corrected chi connectivity index (χ1v) is 7.09. The van der Waals surface area contributed by atoms with E-state index >= 15 is 0 Å². The lowest BCUT2D eigenvalue weighted by Gasteiger charge is -2.06. The fourth-order valence-corrected chi connectivity index (χ4v) is 2.39. The van der Waals surface area contributed by atoms with E-state index in [9.17, 15) is 4.79 Å². The molecule has 0 atom stereocenters. The Hall–Kier alpha value is -2.01. The highest BCUT2D eigenvalue weighted by molar-refractivity contribution is 6.31. The number of nitrogens with two attached hydrogens (primary N) is 1. The van der Waals surface area contributed by atoms with Crippen molar-refractivity contribution in [3.05, 3.63) is 46.2 Å². The van der Waals surface area contributed by atoms with E-state index in [0.717, 1.165) is 17.7 Å². The third-order valence-corrected chi connectivity index (χ3v) is 3.61. The molecule has 0 bridgehead atoms. The van der Waals surface area contributed by atoms with E-state index in [1.54, 1.807) is 23.9 Å². The van der Waals surface area contributed by atoms with Gasteiger partial charge in [0.05, 0.1) is 22.8 Å². The fraction of sp³-hybridized carbons (Fsp3) is 0.333. The number of rotatable bonds is 5. The average Bonchev–Trinajstić information content (AvgIpc) is 2.71. The number of halogens is 1. The van der Waals surface area contributed by atoms with Crippen molar-refractivity contribution in [2.75, 3.05) is 5.73 Å². The first-order valence-electron chi connectivity index (χ1n) is 6.71. The summed E-state index contributed by atoms with van der Waals surface area (Å²) in [6, 6.07) is 7.18. The maximum absolute atomic E-state index is 11.9. The maximum Gasteiger partial charge on any atom is 0.310 e. The smallest absolute Gasteiger partial charge is 0.310 e. The SMILES string of the molecule is CCc1nn(C)c(COC(=O)Cc2cccc(N)c2)c1Cl. The molecular weight excluding hydrogens is 290 g/mol. The van der Waals surface area contributed by atoms with Gasteiger partial charge in [0.15, 0.2) is 0 Å². The molecule has 6 heteroatoms. The zero-order valence-electron chi connectivity index (χ0n) is 12.1. The van der Waals surface area contributed by atoms with Crippen molar-refractivity contribution in [3.63, 3.8) is 0 Å². The first-order chi connectivity index (χ1) is 10.0. The van der Waals surface area contributed by atoms with Gasteiger partial charge in [-0.1, -0.05) is 30.7 Å². The summed E-state index contributed by atoms with van der Waals surface area (Å²) in [5, 5.41) is 4.85. The molecule has 112 valence electrons. The number of hydrogen-bond donors (Lipinski definition) is 1. The number of nitrogen functional groups attached to an aromatic ring is 1. The minimum absolute atomic E-state index is 0.115. The molecule has 2 rings (SSSR count). The molecule has 0 aliphatic rings. The van der Waals surface area contributed by atoms with Crippen LogP contribution in [0.2, 0.25) is 5.02 Å². The van der Waals surface area contributed by atoms with Crippen LogP contribution in [0.1, 0.15) is 23.9 Å². The van der Waals surface area contributed by atoms with Crippen LogP contribution in [0.3, 0.4) is 0 Å². The van der Waals surface area contributed by atoms with Gasteiger partial charge in [0.1, 0.15) is 6.61 Å². The second-order valence-corrected chi connectivity index (χ2v) is 5.14. The van der Waals surface area contributed by atoms with Crippen LogP contribution in [-0.4, -0.2) is 15.7 Å². The summed E-state index contributed by atoms with van der Waals surface area (Å²) in [7, 11) is 1.78. The molecule has 0 radical (unpaired) electrons. The number of benzene rings is 1. The molecule has 0 spiro atoms. The molecule has 5 nitrogen and oxygen atoms in total. The molecule has 0 saturated carbocycles. The van der Waals surface area contributed by atoms with E-state index in [0.29, 0.717) is 16.4 Å². The minimum Gasteiger partial charge on any atom is -0.459 e. The Morgan fingerprint density at radius 2 is 2.24 bits per heavy atom. The van der Waals surface area contributed by atoms with Gasteiger partial charge in [-0.15, -0.1) is 0 Å². The number of aromatic nitrogens is 2. The molecule has 0 amide bonds. The van der Waals surface area contributed by atoms with Crippen LogP contribution in [-0.2, 0) is 36.0 Å². The number of carbonyl (C=O) groups excluding carboxylic acids is 1. The Labute approximate surface area is 128 Å². The zero-order valence-corrected chi connectivity index (χ0v) is 12.9. The van der Waals surface area contributed by atoms with Crippen molar-refractivity contribution >= 4 is 23.3 Å². The lowest BCUT2D eigenvalue weighted by Crippen LogP contribution is -2.10. The largest absolute Gasteiger partial charge is 0.459 e. The molecule has 1 heterocycles. The number of carbonyl (C=O) groups is 1. The molecule has 2 aromatic rings. The third kappa shape index (κ3) is 3.76. The van der Waals surface area contributed by atoms with Crippen molar-refractivity contribution < 1.29 is 9.53 Å². The van der Waals surface area contributed by atoms with Gasteiger partial charge in [0.2, 0.25) is 0 Å². The minimum atomic E-state index is -0.323. The van der Waals surface area contributed by atoms with Gasteiger partial charge >= 0.3 is 5.97 Å². The van der Waals surface area contributed by atoms with Crippen LogP contribution in [0.15, 0.2) is 24.3 Å². The van der Waals surface area contributed by atoms with Gasteiger partial charge in [0, 0.05) is 12.7 Å². The molecule has 0 aliphatic carbocycles. The van der Waals surface area contributed by atoms with Crippen LogP contribution in [0.25, 0.3) is 0 Å². The monoisotopic (exact) mass is 307 g/mol. The van der Waals surface area contributed by atoms with Crippen molar-refractivity contribution in [2.24, 2.45) is 7.05 Å². The summed E-state index contributed by atoms with van der Waals surface area (Å²) >= 11 is 6.20. The summed E-state index contributed by atoms with van der Waals surface area (Å²) in [5.41, 5.74) is 8.64. The Morgan fingerprint density at radius 3 is 2.86 bits per heavy atom. The van der Waals surface area contributed by atoms with Crippen molar-refractivity contribution in [1.29, 1.82) is 0 Å². The van der Waals surface area contributed by atoms with E-state index in [4.69, 9.17) is 22.1 Å². The summed E-state index contributed by atoms with van der Waals surface area (Å²) < 4.78 is 6.91. The number of hydrogen-bond acceptors (Lipinski definition) is 4. The van der Waals surface area contributed by atoms with Crippen LogP contribution >= 0.6 is 11.6 Å². The molecule has 21 heavy (non-hydrogen) atoms. The van der Waals surface area contributed by atoms with Crippen molar-refractivity contribution in [3.8, 4) is 0 Å². The number of esters is 1. The van der Waals surface area contributed by atoms with Crippen LogP contribution in [0, 0.1) is 0 Å². The average molecular weight is 308 g/mol. The Bertz CT molecular complexity index is 652. The van der Waals surface area contributed by atoms with E-state index < -0.39 is 0 Å². The van der Waals surface area contributed by atoms with E-state index in [1.165, 1.54) is 0 Å². The highest BCUT2D eigenvalue weighted by Gasteiger charge is 2.15. The standard InChI is InChI=1S/C15H18ClN3O2/c1-3-12-15(16)13(19(2)18-12)9-21-14(20)8-10-5-4-6-11(17)7-10/h4-7H,3,8-9,17H2,1-2H3. The number of anilines is 1. The van der Waals surface area contributed by atoms with Crippen molar-refractivity contribution in [2.45, 2.75) is 26.4 Å². The van der Waals surface area contributed by atoms with Gasteiger partial charge < -0.3 is 10.5 Å². The Kier molecular flexibility index (Phi) is 4.85. The second kappa shape index (κ2) is 6.63. The molecular formula is C15H18ClN3O2. The van der Waals surface area contributed by atoms with E-state index in [1.807, 2.05) is 19.1 Å². The topological polar surface area (TPSA) is 70.1 Å². The molecule has 0 aliphatic heterocycles. The van der Waals surface area contributed by atoms with E-state index in [2.05, 4.69) is 5.10 Å². The predicted molar refractivity (Wildman–Crippen MR) is 82.0 cm³/mol.